The molecule has 0 radical (unpaired) electrons. The van der Waals surface area contributed by atoms with Gasteiger partial charge in [0.2, 0.25) is 0 Å². The monoisotopic (exact) mass is 522 g/mol. The predicted molar refractivity (Wildman–Crippen MR) is 145 cm³/mol. The van der Waals surface area contributed by atoms with Crippen LogP contribution in [0.5, 0.6) is 0 Å². The number of anilines is 3. The lowest BCUT2D eigenvalue weighted by Gasteiger charge is -2.40. The van der Waals surface area contributed by atoms with Crippen LogP contribution in [0.25, 0.3) is 0 Å². The molecule has 1 aliphatic carbocycles. The molecule has 0 aromatic carbocycles. The number of carbonyl (C=O) groups excluding carboxylic acids is 2. The van der Waals surface area contributed by atoms with Gasteiger partial charge < -0.3 is 25.8 Å². The first kappa shape index (κ1) is 25.2. The Morgan fingerprint density at radius 3 is 2.70 bits per heavy atom. The molecule has 2 amide bonds. The molecule has 3 aromatic rings. The summed E-state index contributed by atoms with van der Waals surface area (Å²) < 4.78 is 6.32. The molecule has 5 rings (SSSR count). The summed E-state index contributed by atoms with van der Waals surface area (Å²) in [6.07, 6.45) is 5.32. The molecule has 4 heterocycles. The first-order valence-corrected chi connectivity index (χ1v) is 13.4. The molecule has 1 aliphatic heterocycles. The lowest BCUT2D eigenvalue weighted by Crippen LogP contribution is -2.54. The van der Waals surface area contributed by atoms with Crippen molar-refractivity contribution in [3.63, 3.8) is 0 Å². The van der Waals surface area contributed by atoms with Gasteiger partial charge in [0.1, 0.15) is 16.5 Å². The standard InChI is InChI=1S/C26H34N8O2S/c1-14-9-21(37-32-14)31-24-22(23(27)35)28-13-20(30-24)34-8-6-7-17(15(34)2)29-25(36)18-10-16-11-26(3,4)12-19(16)33(18)5/h9-10,13,15,17H,6-8,11-12H2,1-5H3,(H2,27,35)(H,29,36)(H,30,31)/t15-,17-/m1/s1. The summed E-state index contributed by atoms with van der Waals surface area (Å²) in [6.45, 7) is 9.28. The maximum atomic E-state index is 13.3. The number of aryl methyl sites for hydroxylation is 1. The summed E-state index contributed by atoms with van der Waals surface area (Å²) in [5.41, 5.74) is 9.99. The number of fused-ring (bicyclic) bond motifs is 1. The van der Waals surface area contributed by atoms with E-state index in [0.29, 0.717) is 17.3 Å². The lowest BCUT2D eigenvalue weighted by atomic mass is 9.90. The molecule has 3 aromatic heterocycles. The Bertz CT molecular complexity index is 1360. The maximum Gasteiger partial charge on any atom is 0.271 e. The zero-order chi connectivity index (χ0) is 26.5. The minimum absolute atomic E-state index is 0.0176. The van der Waals surface area contributed by atoms with Crippen molar-refractivity contribution in [1.29, 1.82) is 0 Å². The SMILES string of the molecule is Cc1cc(Nc2nc(N3CCC[C@@H](NC(=O)c4cc5c(n4C)CC(C)(C)C5)[C@H]3C)cnc2C(N)=O)sn1. The van der Waals surface area contributed by atoms with Crippen molar-refractivity contribution >= 4 is 40.0 Å². The highest BCUT2D eigenvalue weighted by Crippen LogP contribution is 2.37. The molecule has 4 N–H and O–H groups in total. The van der Waals surface area contributed by atoms with Crippen LogP contribution in [0.4, 0.5) is 16.6 Å². The van der Waals surface area contributed by atoms with Crippen molar-refractivity contribution in [2.45, 2.75) is 65.5 Å². The maximum absolute atomic E-state index is 13.3. The van der Waals surface area contributed by atoms with E-state index in [1.54, 1.807) is 6.20 Å². The first-order valence-electron chi connectivity index (χ1n) is 12.6. The van der Waals surface area contributed by atoms with Crippen LogP contribution in [-0.4, -0.2) is 49.4 Å². The highest BCUT2D eigenvalue weighted by Gasteiger charge is 2.35. The number of aromatic nitrogens is 4. The lowest BCUT2D eigenvalue weighted by molar-refractivity contribution is 0.0914. The number of primary amides is 1. The van der Waals surface area contributed by atoms with Crippen LogP contribution in [0.2, 0.25) is 0 Å². The molecule has 1 saturated heterocycles. The minimum atomic E-state index is -0.655. The van der Waals surface area contributed by atoms with E-state index in [2.05, 4.69) is 56.3 Å². The van der Waals surface area contributed by atoms with Crippen LogP contribution in [0.15, 0.2) is 18.3 Å². The number of nitrogens with two attached hydrogens (primary N) is 1. The van der Waals surface area contributed by atoms with Gasteiger partial charge in [0, 0.05) is 31.4 Å². The van der Waals surface area contributed by atoms with Crippen molar-refractivity contribution in [3.8, 4) is 0 Å². The van der Waals surface area contributed by atoms with E-state index < -0.39 is 5.91 Å². The second-order valence-electron chi connectivity index (χ2n) is 11.0. The van der Waals surface area contributed by atoms with Crippen LogP contribution >= 0.6 is 11.5 Å². The molecular weight excluding hydrogens is 488 g/mol. The molecular formula is C26H34N8O2S. The molecule has 0 bridgehead atoms. The quantitative estimate of drug-likeness (QED) is 0.452. The number of nitrogens with zero attached hydrogens (tertiary/aromatic N) is 5. The van der Waals surface area contributed by atoms with Gasteiger partial charge >= 0.3 is 0 Å². The molecule has 0 saturated carbocycles. The molecule has 0 spiro atoms. The fourth-order valence-electron chi connectivity index (χ4n) is 5.57. The second kappa shape index (κ2) is 9.44. The van der Waals surface area contributed by atoms with Crippen LogP contribution in [-0.2, 0) is 19.9 Å². The Morgan fingerprint density at radius 2 is 2.03 bits per heavy atom. The first-order chi connectivity index (χ1) is 17.5. The van der Waals surface area contributed by atoms with Gasteiger partial charge in [-0.1, -0.05) is 13.8 Å². The Hall–Kier alpha value is -3.47. The fraction of sp³-hybridized carbons (Fsp3) is 0.500. The van der Waals surface area contributed by atoms with E-state index in [9.17, 15) is 9.59 Å². The van der Waals surface area contributed by atoms with Gasteiger partial charge in [-0.25, -0.2) is 9.97 Å². The number of amides is 2. The van der Waals surface area contributed by atoms with E-state index >= 15 is 0 Å². The molecule has 2 aliphatic rings. The third-order valence-electron chi connectivity index (χ3n) is 7.46. The second-order valence-corrected chi connectivity index (χ2v) is 11.8. The highest BCUT2D eigenvalue weighted by molar-refractivity contribution is 7.10. The average Bonchev–Trinajstić information content (AvgIpc) is 3.47. The van der Waals surface area contributed by atoms with E-state index in [1.807, 2.05) is 20.0 Å². The highest BCUT2D eigenvalue weighted by atomic mass is 32.1. The summed E-state index contributed by atoms with van der Waals surface area (Å²) >= 11 is 1.28. The van der Waals surface area contributed by atoms with Gasteiger partial charge in [0.05, 0.1) is 11.9 Å². The van der Waals surface area contributed by atoms with Gasteiger partial charge in [-0.15, -0.1) is 0 Å². The summed E-state index contributed by atoms with van der Waals surface area (Å²) in [7, 11) is 1.99. The van der Waals surface area contributed by atoms with Crippen molar-refractivity contribution < 1.29 is 9.59 Å². The van der Waals surface area contributed by atoms with Crippen molar-refractivity contribution in [3.05, 3.63) is 46.7 Å². The normalized spacial score (nSPS) is 20.5. The van der Waals surface area contributed by atoms with E-state index in [-0.39, 0.29) is 29.1 Å². The van der Waals surface area contributed by atoms with Crippen LogP contribution in [0.3, 0.4) is 0 Å². The van der Waals surface area contributed by atoms with Gasteiger partial charge in [0.25, 0.3) is 11.8 Å². The number of hydrogen-bond acceptors (Lipinski definition) is 8. The van der Waals surface area contributed by atoms with Gasteiger partial charge in [-0.3, -0.25) is 9.59 Å². The number of nitrogens with one attached hydrogen (secondary N) is 2. The molecule has 196 valence electrons. The van der Waals surface area contributed by atoms with Crippen LogP contribution < -0.4 is 21.3 Å². The van der Waals surface area contributed by atoms with E-state index in [1.165, 1.54) is 22.8 Å². The third-order valence-corrected chi connectivity index (χ3v) is 8.25. The Labute approximate surface area is 220 Å². The topological polar surface area (TPSA) is 131 Å². The van der Waals surface area contributed by atoms with Gasteiger partial charge in [-0.05, 0) is 74.2 Å². The zero-order valence-electron chi connectivity index (χ0n) is 22.0. The number of carbonyl (C=O) groups is 2. The number of rotatable bonds is 6. The zero-order valence-corrected chi connectivity index (χ0v) is 22.8. The molecule has 1 fully saturated rings. The summed E-state index contributed by atoms with van der Waals surface area (Å²) in [4.78, 5) is 36.5. The summed E-state index contributed by atoms with van der Waals surface area (Å²) in [5, 5.41) is 7.17. The van der Waals surface area contributed by atoms with E-state index in [0.717, 1.165) is 42.9 Å². The van der Waals surface area contributed by atoms with Crippen LogP contribution in [0, 0.1) is 12.3 Å². The molecule has 10 nitrogen and oxygen atoms in total. The van der Waals surface area contributed by atoms with Crippen LogP contribution in [0.1, 0.15) is 71.5 Å². The number of piperidine rings is 1. The Morgan fingerprint density at radius 1 is 1.24 bits per heavy atom. The predicted octanol–water partition coefficient (Wildman–Crippen LogP) is 3.33. The van der Waals surface area contributed by atoms with Crippen molar-refractivity contribution in [2.24, 2.45) is 18.2 Å². The molecule has 2 atom stereocenters. The average molecular weight is 523 g/mol. The molecule has 0 unspecified atom stereocenters. The Kier molecular flexibility index (Phi) is 6.43. The Balaban J connectivity index is 1.34. The smallest absolute Gasteiger partial charge is 0.271 e. The largest absolute Gasteiger partial charge is 0.364 e. The van der Waals surface area contributed by atoms with Crippen molar-refractivity contribution in [1.82, 2.24) is 24.2 Å². The molecule has 37 heavy (non-hydrogen) atoms. The van der Waals surface area contributed by atoms with Gasteiger partial charge in [0.15, 0.2) is 11.5 Å². The van der Waals surface area contributed by atoms with E-state index in [4.69, 9.17) is 10.7 Å². The summed E-state index contributed by atoms with van der Waals surface area (Å²) in [5.74, 6) is 0.220. The molecule has 11 heteroatoms. The number of hydrogen-bond donors (Lipinski definition) is 3. The fourth-order valence-corrected chi connectivity index (χ4v) is 6.23. The third kappa shape index (κ3) is 4.92. The van der Waals surface area contributed by atoms with Crippen molar-refractivity contribution in [2.75, 3.05) is 16.8 Å². The summed E-state index contributed by atoms with van der Waals surface area (Å²) in [6, 6.07) is 3.86. The minimum Gasteiger partial charge on any atom is -0.364 e. The van der Waals surface area contributed by atoms with Gasteiger partial charge in [-0.2, -0.15) is 4.37 Å².